The zero-order valence-corrected chi connectivity index (χ0v) is 9.70. The van der Waals surface area contributed by atoms with Crippen LogP contribution in [0, 0.1) is 21.8 Å². The molecule has 0 bridgehead atoms. The highest BCUT2D eigenvalue weighted by Crippen LogP contribution is 2.25. The van der Waals surface area contributed by atoms with Gasteiger partial charge in [0, 0.05) is 11.8 Å². The van der Waals surface area contributed by atoms with Crippen LogP contribution < -0.4 is 5.32 Å². The number of hydrogen-bond donors (Lipinski definition) is 1. The van der Waals surface area contributed by atoms with Crippen molar-refractivity contribution in [2.45, 2.75) is 6.92 Å². The number of nitrogens with one attached hydrogen (secondary N) is 1. The molecule has 92 valence electrons. The van der Waals surface area contributed by atoms with Gasteiger partial charge in [-0.15, -0.1) is 11.6 Å². The van der Waals surface area contributed by atoms with Crippen LogP contribution >= 0.6 is 11.6 Å². The lowest BCUT2D eigenvalue weighted by molar-refractivity contribution is -0.384. The number of alkyl halides is 1. The van der Waals surface area contributed by atoms with Crippen molar-refractivity contribution in [2.75, 3.05) is 11.2 Å². The quantitative estimate of drug-likeness (QED) is 0.514. The minimum Gasteiger partial charge on any atom is -0.320 e. The van der Waals surface area contributed by atoms with Gasteiger partial charge >= 0.3 is 0 Å². The Hall–Kier alpha value is -1.69. The number of carbonyl (C=O) groups is 1. The first-order chi connectivity index (χ1) is 7.95. The second kappa shape index (κ2) is 5.58. The normalized spacial score (nSPS) is 11.9. The van der Waals surface area contributed by atoms with Crippen LogP contribution in [0.15, 0.2) is 18.2 Å². The molecule has 1 aromatic rings. The molecule has 1 amide bonds. The Bertz CT molecular complexity index is 453. The smallest absolute Gasteiger partial charge is 0.295 e. The minimum atomic E-state index is -0.760. The lowest BCUT2D eigenvalue weighted by atomic mass is 10.2. The van der Waals surface area contributed by atoms with Crippen LogP contribution in [-0.4, -0.2) is 16.7 Å². The van der Waals surface area contributed by atoms with Gasteiger partial charge in [0.2, 0.25) is 5.91 Å². The van der Waals surface area contributed by atoms with Gasteiger partial charge in [-0.05, 0) is 12.1 Å². The summed E-state index contributed by atoms with van der Waals surface area (Å²) < 4.78 is 12.8. The predicted octanol–water partition coefficient (Wildman–Crippen LogP) is 2.55. The summed E-state index contributed by atoms with van der Waals surface area (Å²) in [6.45, 7) is 1.58. The van der Waals surface area contributed by atoms with Crippen LogP contribution in [0.4, 0.5) is 15.8 Å². The topological polar surface area (TPSA) is 72.2 Å². The van der Waals surface area contributed by atoms with Crippen LogP contribution in [0.2, 0.25) is 0 Å². The SMILES string of the molecule is CC(CCl)C(=O)Nc1ccc(F)cc1[N+](=O)[O-]. The monoisotopic (exact) mass is 260 g/mol. The van der Waals surface area contributed by atoms with Gasteiger partial charge in [-0.1, -0.05) is 6.92 Å². The van der Waals surface area contributed by atoms with Gasteiger partial charge < -0.3 is 5.32 Å². The molecule has 0 aliphatic heterocycles. The summed E-state index contributed by atoms with van der Waals surface area (Å²) in [6, 6.07) is 2.93. The van der Waals surface area contributed by atoms with Crippen molar-refractivity contribution in [3.05, 3.63) is 34.1 Å². The van der Waals surface area contributed by atoms with Gasteiger partial charge in [-0.25, -0.2) is 4.39 Å². The van der Waals surface area contributed by atoms with E-state index in [9.17, 15) is 19.3 Å². The van der Waals surface area contributed by atoms with Crippen molar-refractivity contribution in [1.82, 2.24) is 0 Å². The fourth-order valence-corrected chi connectivity index (χ4v) is 1.23. The highest BCUT2D eigenvalue weighted by Gasteiger charge is 2.19. The molecule has 0 heterocycles. The zero-order chi connectivity index (χ0) is 13.0. The molecule has 0 saturated carbocycles. The Morgan fingerprint density at radius 1 is 1.65 bits per heavy atom. The molecule has 0 fully saturated rings. The average molecular weight is 261 g/mol. The van der Waals surface area contributed by atoms with Gasteiger partial charge in [0.15, 0.2) is 0 Å². The molecule has 0 aromatic heterocycles. The molecule has 5 nitrogen and oxygen atoms in total. The third-order valence-corrected chi connectivity index (χ3v) is 2.56. The lowest BCUT2D eigenvalue weighted by Crippen LogP contribution is -2.22. The number of carbonyl (C=O) groups excluding carboxylic acids is 1. The number of benzene rings is 1. The molecule has 1 N–H and O–H groups in total. The maximum Gasteiger partial charge on any atom is 0.295 e. The molecule has 1 atom stereocenters. The Balaban J connectivity index is 2.98. The van der Waals surface area contributed by atoms with E-state index in [0.29, 0.717) is 0 Å². The van der Waals surface area contributed by atoms with Crippen molar-refractivity contribution in [3.63, 3.8) is 0 Å². The van der Waals surface area contributed by atoms with Gasteiger partial charge in [0.05, 0.1) is 11.0 Å². The van der Waals surface area contributed by atoms with Gasteiger partial charge in [-0.3, -0.25) is 14.9 Å². The van der Waals surface area contributed by atoms with Gasteiger partial charge in [-0.2, -0.15) is 0 Å². The molecule has 7 heteroatoms. The van der Waals surface area contributed by atoms with Gasteiger partial charge in [0.1, 0.15) is 11.5 Å². The molecule has 0 saturated heterocycles. The summed E-state index contributed by atoms with van der Waals surface area (Å²) in [5.41, 5.74) is -0.529. The van der Waals surface area contributed by atoms with E-state index in [2.05, 4.69) is 5.32 Å². The van der Waals surface area contributed by atoms with Crippen LogP contribution in [0.1, 0.15) is 6.92 Å². The number of nitrogens with zero attached hydrogens (tertiary/aromatic N) is 1. The molecule has 0 spiro atoms. The summed E-state index contributed by atoms with van der Waals surface area (Å²) in [7, 11) is 0. The Labute approximate surface area is 102 Å². The Kier molecular flexibility index (Phi) is 4.39. The molecule has 0 aliphatic carbocycles. The van der Waals surface area contributed by atoms with E-state index in [1.54, 1.807) is 6.92 Å². The third-order valence-electron chi connectivity index (χ3n) is 2.09. The molecule has 0 aliphatic rings. The van der Waals surface area contributed by atoms with E-state index in [1.165, 1.54) is 0 Å². The van der Waals surface area contributed by atoms with Crippen LogP contribution in [-0.2, 0) is 4.79 Å². The summed E-state index contributed by atoms with van der Waals surface area (Å²) >= 11 is 5.49. The summed E-state index contributed by atoms with van der Waals surface area (Å²) in [5, 5.41) is 13.0. The van der Waals surface area contributed by atoms with E-state index < -0.39 is 28.3 Å². The number of nitro groups is 1. The second-order valence-corrected chi connectivity index (χ2v) is 3.77. The fraction of sp³-hybridized carbons (Fsp3) is 0.300. The highest BCUT2D eigenvalue weighted by atomic mass is 35.5. The summed E-state index contributed by atoms with van der Waals surface area (Å²) in [5.74, 6) is -1.57. The summed E-state index contributed by atoms with van der Waals surface area (Å²) in [6.07, 6.45) is 0. The number of nitro benzene ring substituents is 1. The third kappa shape index (κ3) is 3.39. The van der Waals surface area contributed by atoms with Crippen LogP contribution in [0.3, 0.4) is 0 Å². The molecular formula is C10H10ClFN2O3. The molecule has 1 rings (SSSR count). The lowest BCUT2D eigenvalue weighted by Gasteiger charge is -2.09. The maximum absolute atomic E-state index is 12.8. The van der Waals surface area contributed by atoms with Crippen molar-refractivity contribution in [3.8, 4) is 0 Å². The van der Waals surface area contributed by atoms with Crippen molar-refractivity contribution >= 4 is 28.9 Å². The largest absolute Gasteiger partial charge is 0.320 e. The minimum absolute atomic E-state index is 0.0432. The van der Waals surface area contributed by atoms with Gasteiger partial charge in [0.25, 0.3) is 5.69 Å². The number of halogens is 2. The second-order valence-electron chi connectivity index (χ2n) is 3.46. The molecule has 1 unspecified atom stereocenters. The van der Waals surface area contributed by atoms with Crippen molar-refractivity contribution in [2.24, 2.45) is 5.92 Å². The Morgan fingerprint density at radius 2 is 2.29 bits per heavy atom. The van der Waals surface area contributed by atoms with E-state index in [4.69, 9.17) is 11.6 Å². The standard InChI is InChI=1S/C10H10ClFN2O3/c1-6(5-11)10(15)13-8-3-2-7(12)4-9(8)14(16)17/h2-4,6H,5H2,1H3,(H,13,15). The highest BCUT2D eigenvalue weighted by molar-refractivity contribution is 6.19. The number of amides is 1. The van der Waals surface area contributed by atoms with E-state index in [-0.39, 0.29) is 11.6 Å². The van der Waals surface area contributed by atoms with Crippen molar-refractivity contribution in [1.29, 1.82) is 0 Å². The first-order valence-corrected chi connectivity index (χ1v) is 5.30. The molecule has 0 radical (unpaired) electrons. The fourth-order valence-electron chi connectivity index (χ4n) is 1.09. The number of rotatable bonds is 4. The predicted molar refractivity (Wildman–Crippen MR) is 61.6 cm³/mol. The number of anilines is 1. The van der Waals surface area contributed by atoms with Crippen LogP contribution in [0.5, 0.6) is 0 Å². The first kappa shape index (κ1) is 13.4. The van der Waals surface area contributed by atoms with E-state index >= 15 is 0 Å². The summed E-state index contributed by atoms with van der Waals surface area (Å²) in [4.78, 5) is 21.4. The molecular weight excluding hydrogens is 251 g/mol. The number of hydrogen-bond acceptors (Lipinski definition) is 3. The van der Waals surface area contributed by atoms with E-state index in [0.717, 1.165) is 18.2 Å². The van der Waals surface area contributed by atoms with Crippen molar-refractivity contribution < 1.29 is 14.1 Å². The molecule has 1 aromatic carbocycles. The van der Waals surface area contributed by atoms with E-state index in [1.807, 2.05) is 0 Å². The first-order valence-electron chi connectivity index (χ1n) is 4.76. The zero-order valence-electron chi connectivity index (χ0n) is 8.94. The maximum atomic E-state index is 12.8. The average Bonchev–Trinajstić information content (AvgIpc) is 2.29. The van der Waals surface area contributed by atoms with Crippen LogP contribution in [0.25, 0.3) is 0 Å². The molecule has 17 heavy (non-hydrogen) atoms. The Morgan fingerprint density at radius 3 is 2.82 bits per heavy atom.